The van der Waals surface area contributed by atoms with Gasteiger partial charge in [0.05, 0.1) is 25.4 Å². The van der Waals surface area contributed by atoms with Gasteiger partial charge in [-0.2, -0.15) is 0 Å². The zero-order valence-corrected chi connectivity index (χ0v) is 7.09. The van der Waals surface area contributed by atoms with Crippen LogP contribution in [0, 0.1) is 0 Å². The van der Waals surface area contributed by atoms with Crippen LogP contribution in [0.1, 0.15) is 0 Å². The molecule has 1 rings (SSSR count). The maximum absolute atomic E-state index is 10.9. The molecule has 0 spiro atoms. The summed E-state index contributed by atoms with van der Waals surface area (Å²) in [7, 11) is 1.22. The maximum atomic E-state index is 10.9. The second-order valence-electron chi connectivity index (χ2n) is 2.12. The minimum absolute atomic E-state index is 0.100. The zero-order chi connectivity index (χ0) is 9.14. The maximum Gasteiger partial charge on any atom is 0.337 e. The van der Waals surface area contributed by atoms with Crippen molar-refractivity contribution in [2.24, 2.45) is 4.99 Å². The third-order valence-electron chi connectivity index (χ3n) is 1.37. The lowest BCUT2D eigenvalue weighted by Crippen LogP contribution is -2.17. The fraction of sp³-hybridized carbons (Fsp3) is 0.286. The van der Waals surface area contributed by atoms with E-state index in [0.717, 1.165) is 6.21 Å². The average Bonchev–Trinajstić information content (AvgIpc) is 2.08. The van der Waals surface area contributed by atoms with Gasteiger partial charge in [0.2, 0.25) is 5.78 Å². The standard InChI is InChI=1S/C7H6ClNO3/c1-12-7(11)4-2-9-3-5(10)6(4)8/h3H,2H2,1H3. The Balaban J connectivity index is 2.96. The third-order valence-corrected chi connectivity index (χ3v) is 1.79. The van der Waals surface area contributed by atoms with E-state index in [9.17, 15) is 9.59 Å². The van der Waals surface area contributed by atoms with Crippen molar-refractivity contribution in [3.8, 4) is 0 Å². The van der Waals surface area contributed by atoms with E-state index in [2.05, 4.69) is 9.73 Å². The molecule has 0 bridgehead atoms. The van der Waals surface area contributed by atoms with Gasteiger partial charge in [0.15, 0.2) is 0 Å². The molecule has 1 heterocycles. The second kappa shape index (κ2) is 3.49. The predicted octanol–water partition coefficient (Wildman–Crippen LogP) is 0.306. The molecule has 0 amide bonds. The summed E-state index contributed by atoms with van der Waals surface area (Å²) in [4.78, 5) is 25.5. The van der Waals surface area contributed by atoms with E-state index in [1.807, 2.05) is 0 Å². The van der Waals surface area contributed by atoms with Crippen LogP contribution in [0.2, 0.25) is 0 Å². The van der Waals surface area contributed by atoms with Crippen molar-refractivity contribution in [2.75, 3.05) is 13.7 Å². The van der Waals surface area contributed by atoms with Crippen molar-refractivity contribution in [1.82, 2.24) is 0 Å². The molecule has 0 aliphatic carbocycles. The SMILES string of the molecule is COC(=O)C1=C(Cl)C(=O)C=NC1. The van der Waals surface area contributed by atoms with E-state index in [1.54, 1.807) is 0 Å². The Labute approximate surface area is 73.9 Å². The van der Waals surface area contributed by atoms with Gasteiger partial charge in [-0.3, -0.25) is 9.79 Å². The number of carbonyl (C=O) groups excluding carboxylic acids is 2. The highest BCUT2D eigenvalue weighted by Crippen LogP contribution is 2.15. The van der Waals surface area contributed by atoms with Crippen molar-refractivity contribution in [3.05, 3.63) is 10.6 Å². The lowest BCUT2D eigenvalue weighted by molar-refractivity contribution is -0.136. The quantitative estimate of drug-likeness (QED) is 0.555. The van der Waals surface area contributed by atoms with E-state index < -0.39 is 11.8 Å². The Morgan fingerprint density at radius 1 is 1.75 bits per heavy atom. The van der Waals surface area contributed by atoms with Gasteiger partial charge in [0, 0.05) is 0 Å². The molecular formula is C7H6ClNO3. The number of allylic oxidation sites excluding steroid dienone is 1. The number of dihydropyridines is 1. The van der Waals surface area contributed by atoms with Gasteiger partial charge in [-0.05, 0) is 0 Å². The lowest BCUT2D eigenvalue weighted by atomic mass is 10.2. The highest BCUT2D eigenvalue weighted by molar-refractivity contribution is 6.55. The smallest absolute Gasteiger partial charge is 0.337 e. The summed E-state index contributed by atoms with van der Waals surface area (Å²) in [6.45, 7) is 0.108. The molecule has 12 heavy (non-hydrogen) atoms. The number of methoxy groups -OCH3 is 1. The molecule has 1 aliphatic heterocycles. The van der Waals surface area contributed by atoms with Crippen LogP contribution in [0.3, 0.4) is 0 Å². The number of nitrogens with zero attached hydrogens (tertiary/aromatic N) is 1. The molecule has 0 N–H and O–H groups in total. The molecule has 0 aromatic carbocycles. The number of carbonyl (C=O) groups is 2. The van der Waals surface area contributed by atoms with Gasteiger partial charge >= 0.3 is 5.97 Å². The van der Waals surface area contributed by atoms with Gasteiger partial charge < -0.3 is 4.74 Å². The Morgan fingerprint density at radius 3 is 3.00 bits per heavy atom. The van der Waals surface area contributed by atoms with Crippen molar-refractivity contribution in [2.45, 2.75) is 0 Å². The first kappa shape index (κ1) is 8.93. The summed E-state index contributed by atoms with van der Waals surface area (Å²) in [6.07, 6.45) is 1.09. The van der Waals surface area contributed by atoms with Crippen LogP contribution in [-0.4, -0.2) is 31.6 Å². The monoisotopic (exact) mass is 187 g/mol. The number of hydrogen-bond acceptors (Lipinski definition) is 4. The van der Waals surface area contributed by atoms with Crippen LogP contribution >= 0.6 is 11.6 Å². The summed E-state index contributed by atoms with van der Waals surface area (Å²) < 4.78 is 4.40. The van der Waals surface area contributed by atoms with Gasteiger partial charge in [-0.25, -0.2) is 4.79 Å². The van der Waals surface area contributed by atoms with Crippen LogP contribution in [0.5, 0.6) is 0 Å². The third kappa shape index (κ3) is 1.53. The normalized spacial score (nSPS) is 16.7. The Kier molecular flexibility index (Phi) is 2.60. The zero-order valence-electron chi connectivity index (χ0n) is 6.33. The van der Waals surface area contributed by atoms with E-state index in [0.29, 0.717) is 0 Å². The largest absolute Gasteiger partial charge is 0.466 e. The molecule has 0 atom stereocenters. The molecule has 0 fully saturated rings. The number of hydrogen-bond donors (Lipinski definition) is 0. The van der Waals surface area contributed by atoms with Crippen LogP contribution in [-0.2, 0) is 14.3 Å². The summed E-state index contributed by atoms with van der Waals surface area (Å²) >= 11 is 5.54. The van der Waals surface area contributed by atoms with E-state index in [4.69, 9.17) is 11.6 Å². The van der Waals surface area contributed by atoms with Crippen LogP contribution < -0.4 is 0 Å². The Morgan fingerprint density at radius 2 is 2.42 bits per heavy atom. The first-order valence-corrected chi connectivity index (χ1v) is 3.55. The minimum atomic E-state index is -0.606. The van der Waals surface area contributed by atoms with Crippen molar-refractivity contribution in [3.63, 3.8) is 0 Å². The average molecular weight is 188 g/mol. The van der Waals surface area contributed by atoms with Crippen LogP contribution in [0.25, 0.3) is 0 Å². The number of halogens is 1. The number of esters is 1. The molecule has 64 valence electrons. The molecular weight excluding hydrogens is 182 g/mol. The number of ether oxygens (including phenoxy) is 1. The first-order chi connectivity index (χ1) is 5.66. The van der Waals surface area contributed by atoms with Gasteiger partial charge in [-0.15, -0.1) is 0 Å². The molecule has 0 saturated carbocycles. The van der Waals surface area contributed by atoms with Gasteiger partial charge in [0.1, 0.15) is 5.03 Å². The molecule has 0 aromatic heterocycles. The van der Waals surface area contributed by atoms with Crippen molar-refractivity contribution < 1.29 is 14.3 Å². The van der Waals surface area contributed by atoms with Gasteiger partial charge in [-0.1, -0.05) is 11.6 Å². The topological polar surface area (TPSA) is 55.7 Å². The van der Waals surface area contributed by atoms with Crippen molar-refractivity contribution >= 4 is 29.6 Å². The number of ketones is 1. The molecule has 0 unspecified atom stereocenters. The van der Waals surface area contributed by atoms with Crippen LogP contribution in [0.4, 0.5) is 0 Å². The summed E-state index contributed by atoms with van der Waals surface area (Å²) in [5, 5.41) is -0.100. The second-order valence-corrected chi connectivity index (χ2v) is 2.50. The summed E-state index contributed by atoms with van der Waals surface area (Å²) in [5.41, 5.74) is 0.117. The fourth-order valence-corrected chi connectivity index (χ4v) is 0.958. The Hall–Kier alpha value is -1.16. The van der Waals surface area contributed by atoms with Gasteiger partial charge in [0.25, 0.3) is 0 Å². The van der Waals surface area contributed by atoms with E-state index in [-0.39, 0.29) is 17.2 Å². The number of rotatable bonds is 1. The van der Waals surface area contributed by atoms with Crippen LogP contribution in [0.15, 0.2) is 15.6 Å². The first-order valence-electron chi connectivity index (χ1n) is 3.18. The van der Waals surface area contributed by atoms with E-state index >= 15 is 0 Å². The highest BCUT2D eigenvalue weighted by atomic mass is 35.5. The summed E-state index contributed by atoms with van der Waals surface area (Å²) in [5.74, 6) is -1.06. The number of aliphatic imine (C=N–C) groups is 1. The molecule has 5 heteroatoms. The fourth-order valence-electron chi connectivity index (χ4n) is 0.772. The van der Waals surface area contributed by atoms with Crippen molar-refractivity contribution in [1.29, 1.82) is 0 Å². The molecule has 0 radical (unpaired) electrons. The molecule has 4 nitrogen and oxygen atoms in total. The number of Topliss-reactive ketones (excluding diaryl/α,β-unsaturated/α-hetero) is 1. The predicted molar refractivity (Wildman–Crippen MR) is 43.3 cm³/mol. The molecule has 0 aromatic rings. The summed E-state index contributed by atoms with van der Waals surface area (Å²) in [6, 6.07) is 0. The molecule has 1 aliphatic rings. The Bertz CT molecular complexity index is 293. The molecule has 0 saturated heterocycles. The lowest BCUT2D eigenvalue weighted by Gasteiger charge is -2.07. The van der Waals surface area contributed by atoms with E-state index in [1.165, 1.54) is 7.11 Å². The highest BCUT2D eigenvalue weighted by Gasteiger charge is 2.21. The minimum Gasteiger partial charge on any atom is -0.466 e.